The zero-order valence-electron chi connectivity index (χ0n) is 10.5. The average molecular weight is 340 g/mol. The van der Waals surface area contributed by atoms with Crippen LogP contribution in [-0.4, -0.2) is 9.78 Å². The molecule has 6 heteroatoms. The molecule has 1 heterocycles. The summed E-state index contributed by atoms with van der Waals surface area (Å²) in [6.07, 6.45) is 0. The van der Waals surface area contributed by atoms with Gasteiger partial charge in [0.1, 0.15) is 0 Å². The summed E-state index contributed by atoms with van der Waals surface area (Å²) < 4.78 is 2.80. The highest BCUT2D eigenvalue weighted by molar-refractivity contribution is 9.10. The van der Waals surface area contributed by atoms with E-state index in [1.165, 1.54) is 0 Å². The van der Waals surface area contributed by atoms with Gasteiger partial charge in [-0.1, -0.05) is 11.6 Å². The van der Waals surface area contributed by atoms with Crippen LogP contribution in [0.25, 0.3) is 0 Å². The van der Waals surface area contributed by atoms with Gasteiger partial charge in [0.15, 0.2) is 0 Å². The highest BCUT2D eigenvalue weighted by atomic mass is 79.9. The van der Waals surface area contributed by atoms with Gasteiger partial charge in [-0.25, -0.2) is 0 Å². The van der Waals surface area contributed by atoms with Crippen molar-refractivity contribution < 1.29 is 0 Å². The summed E-state index contributed by atoms with van der Waals surface area (Å²) in [5.74, 6) is 0. The fourth-order valence-electron chi connectivity index (χ4n) is 1.78. The number of hydrogen-bond donors (Lipinski definition) is 1. The Labute approximate surface area is 125 Å². The molecule has 0 fully saturated rings. The lowest BCUT2D eigenvalue weighted by Crippen LogP contribution is -2.06. The van der Waals surface area contributed by atoms with E-state index in [4.69, 9.17) is 16.9 Å². The van der Waals surface area contributed by atoms with Crippen molar-refractivity contribution >= 4 is 33.2 Å². The molecule has 0 unspecified atom stereocenters. The van der Waals surface area contributed by atoms with Crippen molar-refractivity contribution in [3.8, 4) is 6.07 Å². The number of rotatable bonds is 3. The van der Waals surface area contributed by atoms with Gasteiger partial charge in [0.2, 0.25) is 0 Å². The van der Waals surface area contributed by atoms with Crippen LogP contribution < -0.4 is 5.32 Å². The molecule has 0 bridgehead atoms. The van der Waals surface area contributed by atoms with Crippen LogP contribution in [0.4, 0.5) is 5.69 Å². The van der Waals surface area contributed by atoms with Crippen molar-refractivity contribution in [3.63, 3.8) is 0 Å². The Morgan fingerprint density at radius 3 is 2.84 bits per heavy atom. The molecule has 1 aromatic heterocycles. The van der Waals surface area contributed by atoms with Crippen LogP contribution in [0.2, 0.25) is 5.02 Å². The van der Waals surface area contributed by atoms with Crippen LogP contribution in [0.15, 0.2) is 22.7 Å². The molecule has 19 heavy (non-hydrogen) atoms. The number of nitrogens with zero attached hydrogens (tertiary/aromatic N) is 3. The number of nitrogens with one attached hydrogen (secondary N) is 1. The Morgan fingerprint density at radius 2 is 2.26 bits per heavy atom. The summed E-state index contributed by atoms with van der Waals surface area (Å²) in [6.45, 7) is 2.52. The third-order valence-corrected chi connectivity index (χ3v) is 4.16. The summed E-state index contributed by atoms with van der Waals surface area (Å²) in [7, 11) is 1.89. The van der Waals surface area contributed by atoms with Crippen LogP contribution in [0.5, 0.6) is 0 Å². The third-order valence-electron chi connectivity index (χ3n) is 2.80. The maximum Gasteiger partial charge on any atom is 0.0992 e. The summed E-state index contributed by atoms with van der Waals surface area (Å²) in [4.78, 5) is 0. The van der Waals surface area contributed by atoms with Crippen LogP contribution in [0.1, 0.15) is 17.0 Å². The minimum absolute atomic E-state index is 0.576. The first kappa shape index (κ1) is 13.9. The fourth-order valence-corrected chi connectivity index (χ4v) is 2.44. The molecular weight excluding hydrogens is 328 g/mol. The second-order valence-electron chi connectivity index (χ2n) is 4.13. The van der Waals surface area contributed by atoms with E-state index < -0.39 is 0 Å². The standard InChI is InChI=1S/C13H12BrClN4/c1-8-13(14)12(19(2)18-8)7-17-11-5-9(6-16)3-4-10(11)15/h3-5,17H,7H2,1-2H3. The number of nitriles is 1. The van der Waals surface area contributed by atoms with E-state index in [0.717, 1.165) is 21.5 Å². The van der Waals surface area contributed by atoms with Gasteiger partial charge in [-0.3, -0.25) is 4.68 Å². The molecule has 0 radical (unpaired) electrons. The van der Waals surface area contributed by atoms with E-state index in [1.807, 2.05) is 18.7 Å². The van der Waals surface area contributed by atoms with Gasteiger partial charge in [-0.2, -0.15) is 10.4 Å². The molecule has 0 saturated heterocycles. The van der Waals surface area contributed by atoms with Crippen LogP contribution in [-0.2, 0) is 13.6 Å². The van der Waals surface area contributed by atoms with Gasteiger partial charge in [-0.15, -0.1) is 0 Å². The fraction of sp³-hybridized carbons (Fsp3) is 0.231. The summed E-state index contributed by atoms with van der Waals surface area (Å²) in [6, 6.07) is 7.24. The molecule has 0 amide bonds. The van der Waals surface area contributed by atoms with Gasteiger partial charge < -0.3 is 5.32 Å². The van der Waals surface area contributed by atoms with Crippen molar-refractivity contribution in [2.45, 2.75) is 13.5 Å². The molecule has 98 valence electrons. The Bertz CT molecular complexity index is 657. The van der Waals surface area contributed by atoms with E-state index in [1.54, 1.807) is 18.2 Å². The summed E-state index contributed by atoms with van der Waals surface area (Å²) in [5, 5.41) is 17.0. The van der Waals surface area contributed by atoms with E-state index >= 15 is 0 Å². The number of aryl methyl sites for hydroxylation is 2. The Kier molecular flexibility index (Phi) is 4.13. The van der Waals surface area contributed by atoms with Crippen molar-refractivity contribution in [2.24, 2.45) is 7.05 Å². The monoisotopic (exact) mass is 338 g/mol. The predicted octanol–water partition coefficient (Wildman–Crippen LogP) is 3.63. The third kappa shape index (κ3) is 2.91. The lowest BCUT2D eigenvalue weighted by Gasteiger charge is -2.09. The van der Waals surface area contributed by atoms with Gasteiger partial charge in [0.25, 0.3) is 0 Å². The summed E-state index contributed by atoms with van der Waals surface area (Å²) >= 11 is 9.61. The first-order valence-electron chi connectivity index (χ1n) is 5.64. The molecule has 2 aromatic rings. The molecular formula is C13H12BrClN4. The lowest BCUT2D eigenvalue weighted by molar-refractivity contribution is 0.712. The van der Waals surface area contributed by atoms with Crippen molar-refractivity contribution in [2.75, 3.05) is 5.32 Å². The molecule has 0 aliphatic carbocycles. The zero-order chi connectivity index (χ0) is 14.0. The van der Waals surface area contributed by atoms with E-state index in [9.17, 15) is 0 Å². The van der Waals surface area contributed by atoms with Crippen molar-refractivity contribution in [1.29, 1.82) is 5.26 Å². The number of benzene rings is 1. The summed E-state index contributed by atoms with van der Waals surface area (Å²) in [5.41, 5.74) is 3.28. The van der Waals surface area contributed by atoms with E-state index in [-0.39, 0.29) is 0 Å². The number of aromatic nitrogens is 2. The molecule has 0 aliphatic rings. The Morgan fingerprint density at radius 1 is 1.53 bits per heavy atom. The average Bonchev–Trinajstić information content (AvgIpc) is 2.63. The van der Waals surface area contributed by atoms with Crippen molar-refractivity contribution in [3.05, 3.63) is 44.6 Å². The number of hydrogen-bond acceptors (Lipinski definition) is 3. The second kappa shape index (κ2) is 5.64. The highest BCUT2D eigenvalue weighted by Gasteiger charge is 2.11. The van der Waals surface area contributed by atoms with Gasteiger partial charge in [-0.05, 0) is 41.1 Å². The first-order valence-corrected chi connectivity index (χ1v) is 6.81. The normalized spacial score (nSPS) is 10.3. The lowest BCUT2D eigenvalue weighted by atomic mass is 10.2. The molecule has 0 spiro atoms. The topological polar surface area (TPSA) is 53.6 Å². The highest BCUT2D eigenvalue weighted by Crippen LogP contribution is 2.25. The van der Waals surface area contributed by atoms with E-state index in [0.29, 0.717) is 17.1 Å². The molecule has 1 aromatic carbocycles. The maximum atomic E-state index is 8.89. The van der Waals surface area contributed by atoms with Gasteiger partial charge in [0, 0.05) is 7.05 Å². The molecule has 2 rings (SSSR count). The largest absolute Gasteiger partial charge is 0.378 e. The van der Waals surface area contributed by atoms with Crippen LogP contribution in [0.3, 0.4) is 0 Å². The molecule has 0 saturated carbocycles. The minimum Gasteiger partial charge on any atom is -0.378 e. The Balaban J connectivity index is 2.21. The van der Waals surface area contributed by atoms with Gasteiger partial charge >= 0.3 is 0 Å². The minimum atomic E-state index is 0.576. The quantitative estimate of drug-likeness (QED) is 0.929. The SMILES string of the molecule is Cc1nn(C)c(CNc2cc(C#N)ccc2Cl)c1Br. The predicted molar refractivity (Wildman–Crippen MR) is 79.1 cm³/mol. The number of halogens is 2. The zero-order valence-corrected chi connectivity index (χ0v) is 12.9. The molecule has 0 atom stereocenters. The van der Waals surface area contributed by atoms with Crippen molar-refractivity contribution in [1.82, 2.24) is 9.78 Å². The molecule has 1 N–H and O–H groups in total. The van der Waals surface area contributed by atoms with E-state index in [2.05, 4.69) is 32.4 Å². The maximum absolute atomic E-state index is 8.89. The van der Waals surface area contributed by atoms with Gasteiger partial charge in [0.05, 0.1) is 44.7 Å². The number of anilines is 1. The molecule has 0 aliphatic heterocycles. The first-order chi connectivity index (χ1) is 9.02. The molecule has 4 nitrogen and oxygen atoms in total. The van der Waals surface area contributed by atoms with Crippen LogP contribution in [0, 0.1) is 18.3 Å². The smallest absolute Gasteiger partial charge is 0.0992 e. The second-order valence-corrected chi connectivity index (χ2v) is 5.33. The van der Waals surface area contributed by atoms with Crippen LogP contribution >= 0.6 is 27.5 Å². The Hall–Kier alpha value is -1.51.